The molecule has 3 rings (SSSR count). The first-order valence-electron chi connectivity index (χ1n) is 7.30. The summed E-state index contributed by atoms with van der Waals surface area (Å²) in [7, 11) is 0. The standard InChI is InChI=1S/C18H16N6/c19-17(20)12-3-1-11(2-4-12)15-7-5-13(9-23-15)14-6-8-16(18(21)22)24-10-14/h1-10H,(H3,19,20)(H3,21,22)/p+1. The molecule has 0 bridgehead atoms. The summed E-state index contributed by atoms with van der Waals surface area (Å²) in [6.45, 7) is 0. The Bertz CT molecular complexity index is 804. The van der Waals surface area contributed by atoms with E-state index in [0.29, 0.717) is 11.3 Å². The fraction of sp³-hybridized carbons (Fsp3) is 0. The molecule has 6 heteroatoms. The topological polar surface area (TPSA) is 127 Å². The first kappa shape index (κ1) is 15.4. The number of nitrogen functional groups attached to an aromatic ring is 1. The fourth-order valence-corrected chi connectivity index (χ4v) is 2.29. The molecule has 118 valence electrons. The number of nitrogens with zero attached hydrogens (tertiary/aromatic N) is 2. The second kappa shape index (κ2) is 6.29. The second-order valence-electron chi connectivity index (χ2n) is 5.31. The Labute approximate surface area is 139 Å². The van der Waals surface area contributed by atoms with E-state index in [-0.39, 0.29) is 11.7 Å². The average Bonchev–Trinajstić information content (AvgIpc) is 2.62. The maximum Gasteiger partial charge on any atom is 0.289 e. The summed E-state index contributed by atoms with van der Waals surface area (Å²) in [4.78, 5) is 8.70. The van der Waals surface area contributed by atoms with E-state index in [9.17, 15) is 0 Å². The summed E-state index contributed by atoms with van der Waals surface area (Å²) >= 11 is 0. The van der Waals surface area contributed by atoms with Crippen LogP contribution < -0.4 is 16.9 Å². The molecular formula is C18H17N6+. The smallest absolute Gasteiger partial charge is 0.289 e. The van der Waals surface area contributed by atoms with Crippen molar-refractivity contribution in [1.29, 1.82) is 5.41 Å². The zero-order valence-electron chi connectivity index (χ0n) is 12.9. The van der Waals surface area contributed by atoms with Crippen molar-refractivity contribution in [2.24, 2.45) is 11.5 Å². The second-order valence-corrected chi connectivity index (χ2v) is 5.31. The van der Waals surface area contributed by atoms with Crippen LogP contribution in [-0.4, -0.2) is 21.6 Å². The lowest BCUT2D eigenvalue weighted by molar-refractivity contribution is -0.114. The van der Waals surface area contributed by atoms with Crippen molar-refractivity contribution in [3.8, 4) is 22.4 Å². The van der Waals surface area contributed by atoms with Gasteiger partial charge in [0.1, 0.15) is 5.84 Å². The van der Waals surface area contributed by atoms with Crippen molar-refractivity contribution < 1.29 is 5.41 Å². The molecule has 24 heavy (non-hydrogen) atoms. The third-order valence-electron chi connectivity index (χ3n) is 3.65. The van der Waals surface area contributed by atoms with Crippen molar-refractivity contribution in [1.82, 2.24) is 9.97 Å². The number of hydrogen-bond donors (Lipinski definition) is 4. The molecule has 0 atom stereocenters. The molecule has 0 aliphatic rings. The largest absolute Gasteiger partial charge is 0.384 e. The van der Waals surface area contributed by atoms with Crippen LogP contribution in [0.3, 0.4) is 0 Å². The molecule has 0 unspecified atom stereocenters. The van der Waals surface area contributed by atoms with E-state index in [1.165, 1.54) is 0 Å². The van der Waals surface area contributed by atoms with Gasteiger partial charge in [0.05, 0.1) is 5.69 Å². The van der Waals surface area contributed by atoms with E-state index in [1.54, 1.807) is 18.5 Å². The lowest BCUT2D eigenvalue weighted by atomic mass is 10.1. The summed E-state index contributed by atoms with van der Waals surface area (Å²) in [6.07, 6.45) is 3.51. The maximum atomic E-state index is 7.41. The molecule has 0 amide bonds. The van der Waals surface area contributed by atoms with Gasteiger partial charge in [0.25, 0.3) is 5.84 Å². The van der Waals surface area contributed by atoms with Gasteiger partial charge in [0.15, 0.2) is 5.69 Å². The van der Waals surface area contributed by atoms with Gasteiger partial charge in [-0.3, -0.25) is 21.5 Å². The van der Waals surface area contributed by atoms with Gasteiger partial charge in [-0.15, -0.1) is 0 Å². The summed E-state index contributed by atoms with van der Waals surface area (Å²) in [5, 5.41) is 12.9. The van der Waals surface area contributed by atoms with E-state index >= 15 is 0 Å². The minimum absolute atomic E-state index is 0.0520. The first-order chi connectivity index (χ1) is 11.5. The van der Waals surface area contributed by atoms with Gasteiger partial charge in [0.2, 0.25) is 0 Å². The van der Waals surface area contributed by atoms with Gasteiger partial charge in [-0.05, 0) is 12.1 Å². The molecule has 6 nitrogen and oxygen atoms in total. The highest BCUT2D eigenvalue weighted by Gasteiger charge is 2.06. The SMILES string of the molecule is N=C(N)c1ccc(-c2ccc(-c3ccc(C(N)=[NH2+])nc3)cn2)cc1. The van der Waals surface area contributed by atoms with E-state index in [4.69, 9.17) is 22.3 Å². The molecule has 2 heterocycles. The monoisotopic (exact) mass is 317 g/mol. The molecule has 7 N–H and O–H groups in total. The fourth-order valence-electron chi connectivity index (χ4n) is 2.29. The van der Waals surface area contributed by atoms with Gasteiger partial charge >= 0.3 is 0 Å². The number of nitrogens with two attached hydrogens (primary N) is 3. The lowest BCUT2D eigenvalue weighted by Crippen LogP contribution is -2.46. The van der Waals surface area contributed by atoms with Crippen molar-refractivity contribution in [2.75, 3.05) is 0 Å². The predicted molar refractivity (Wildman–Crippen MR) is 94.1 cm³/mol. The summed E-state index contributed by atoms with van der Waals surface area (Å²) in [5.74, 6) is 0.250. The number of nitrogens with one attached hydrogen (secondary N) is 1. The van der Waals surface area contributed by atoms with Crippen LogP contribution in [0.5, 0.6) is 0 Å². The van der Waals surface area contributed by atoms with Crippen molar-refractivity contribution >= 4 is 11.7 Å². The van der Waals surface area contributed by atoms with Gasteiger partial charge < -0.3 is 5.73 Å². The molecule has 1 aromatic carbocycles. The van der Waals surface area contributed by atoms with Gasteiger partial charge in [-0.25, -0.2) is 4.98 Å². The van der Waals surface area contributed by atoms with Crippen molar-refractivity contribution in [3.63, 3.8) is 0 Å². The van der Waals surface area contributed by atoms with Gasteiger partial charge in [0, 0.05) is 34.6 Å². The van der Waals surface area contributed by atoms with Crippen molar-refractivity contribution in [3.05, 3.63) is 72.2 Å². The number of pyridine rings is 2. The molecule has 0 fully saturated rings. The van der Waals surface area contributed by atoms with Crippen LogP contribution in [0.2, 0.25) is 0 Å². The molecular weight excluding hydrogens is 300 g/mol. The van der Waals surface area contributed by atoms with Crippen LogP contribution in [0.4, 0.5) is 0 Å². The van der Waals surface area contributed by atoms with Crippen LogP contribution in [0.25, 0.3) is 22.4 Å². The Morgan fingerprint density at radius 2 is 1.38 bits per heavy atom. The molecule has 0 saturated heterocycles. The highest BCUT2D eigenvalue weighted by atomic mass is 14.8. The van der Waals surface area contributed by atoms with E-state index in [1.807, 2.05) is 42.5 Å². The number of benzene rings is 1. The first-order valence-corrected chi connectivity index (χ1v) is 7.30. The minimum Gasteiger partial charge on any atom is -0.384 e. The number of rotatable bonds is 4. The van der Waals surface area contributed by atoms with Crippen molar-refractivity contribution in [2.45, 2.75) is 0 Å². The molecule has 3 aromatic rings. The molecule has 0 spiro atoms. The highest BCUT2D eigenvalue weighted by Crippen LogP contribution is 2.22. The van der Waals surface area contributed by atoms with E-state index in [2.05, 4.69) is 9.97 Å². The van der Waals surface area contributed by atoms with E-state index < -0.39 is 0 Å². The van der Waals surface area contributed by atoms with Crippen LogP contribution in [0, 0.1) is 5.41 Å². The molecule has 0 radical (unpaired) electrons. The zero-order chi connectivity index (χ0) is 17.1. The number of hydrogen-bond acceptors (Lipinski definition) is 3. The Hall–Kier alpha value is -3.54. The number of amidine groups is 2. The maximum absolute atomic E-state index is 7.41. The lowest BCUT2D eigenvalue weighted by Gasteiger charge is -2.05. The highest BCUT2D eigenvalue weighted by molar-refractivity contribution is 5.95. The molecule has 0 aliphatic heterocycles. The Balaban J connectivity index is 1.84. The van der Waals surface area contributed by atoms with Crippen LogP contribution in [0.15, 0.2) is 60.9 Å². The molecule has 0 aliphatic carbocycles. The summed E-state index contributed by atoms with van der Waals surface area (Å²) in [6, 6.07) is 15.0. The van der Waals surface area contributed by atoms with Crippen LogP contribution in [-0.2, 0) is 0 Å². The Kier molecular flexibility index (Phi) is 4.03. The number of aromatic nitrogens is 2. The quantitative estimate of drug-likeness (QED) is 0.414. The third-order valence-corrected chi connectivity index (χ3v) is 3.65. The normalized spacial score (nSPS) is 10.3. The predicted octanol–water partition coefficient (Wildman–Crippen LogP) is 0.559. The summed E-state index contributed by atoms with van der Waals surface area (Å²) in [5.41, 5.74) is 15.9. The third kappa shape index (κ3) is 3.12. The summed E-state index contributed by atoms with van der Waals surface area (Å²) < 4.78 is 0. The van der Waals surface area contributed by atoms with Crippen LogP contribution in [0.1, 0.15) is 11.3 Å². The molecule has 0 saturated carbocycles. The molecule has 2 aromatic heterocycles. The van der Waals surface area contributed by atoms with Crippen LogP contribution >= 0.6 is 0 Å². The Morgan fingerprint density at radius 1 is 0.792 bits per heavy atom. The Morgan fingerprint density at radius 3 is 1.83 bits per heavy atom. The van der Waals surface area contributed by atoms with E-state index in [0.717, 1.165) is 22.4 Å². The average molecular weight is 317 g/mol. The van der Waals surface area contributed by atoms with Gasteiger partial charge in [-0.1, -0.05) is 36.4 Å². The minimum atomic E-state index is 0.0520. The van der Waals surface area contributed by atoms with Gasteiger partial charge in [-0.2, -0.15) is 0 Å². The zero-order valence-corrected chi connectivity index (χ0v) is 12.9.